The van der Waals surface area contributed by atoms with Crippen molar-refractivity contribution in [1.29, 1.82) is 0 Å². The van der Waals surface area contributed by atoms with E-state index in [9.17, 15) is 9.90 Å². The van der Waals surface area contributed by atoms with E-state index in [2.05, 4.69) is 40.2 Å². The molecule has 2 N–H and O–H groups in total. The van der Waals surface area contributed by atoms with E-state index >= 15 is 0 Å². The molecule has 7 nitrogen and oxygen atoms in total. The van der Waals surface area contributed by atoms with Crippen molar-refractivity contribution in [3.05, 3.63) is 52.9 Å². The van der Waals surface area contributed by atoms with Crippen LogP contribution in [0.15, 0.2) is 36.7 Å². The van der Waals surface area contributed by atoms with Gasteiger partial charge in [-0.1, -0.05) is 19.9 Å². The first kappa shape index (κ1) is 24.3. The molecule has 34 heavy (non-hydrogen) atoms. The number of hydrogen-bond donors (Lipinski definition) is 2. The number of aromatic nitrogens is 3. The molecule has 0 spiro atoms. The molecule has 3 atom stereocenters. The Morgan fingerprint density at radius 3 is 2.76 bits per heavy atom. The van der Waals surface area contributed by atoms with Gasteiger partial charge in [0.25, 0.3) is 0 Å². The SMILES string of the molecule is COC(=O)C1CCC(O)(c2ncc(-c3cc(C)cc(Nc4nccc(C)n4)c3)s2)CC1C(C)C. The third-order valence-electron chi connectivity index (χ3n) is 6.64. The number of rotatable bonds is 6. The van der Waals surface area contributed by atoms with Crippen LogP contribution in [-0.4, -0.2) is 33.1 Å². The van der Waals surface area contributed by atoms with Crippen molar-refractivity contribution < 1.29 is 14.6 Å². The molecule has 0 amide bonds. The summed E-state index contributed by atoms with van der Waals surface area (Å²) in [6.45, 7) is 8.17. The average Bonchev–Trinajstić information content (AvgIpc) is 3.29. The number of anilines is 2. The van der Waals surface area contributed by atoms with Gasteiger partial charge in [-0.2, -0.15) is 0 Å². The highest BCUT2D eigenvalue weighted by atomic mass is 32.1. The molecule has 1 saturated carbocycles. The number of nitrogens with zero attached hydrogens (tertiary/aromatic N) is 3. The average molecular weight is 481 g/mol. The summed E-state index contributed by atoms with van der Waals surface area (Å²) >= 11 is 1.51. The maximum Gasteiger partial charge on any atom is 0.308 e. The predicted octanol–water partition coefficient (Wildman–Crippen LogP) is 5.39. The van der Waals surface area contributed by atoms with Crippen molar-refractivity contribution in [2.45, 2.75) is 52.6 Å². The summed E-state index contributed by atoms with van der Waals surface area (Å²) in [5.41, 5.74) is 2.87. The third kappa shape index (κ3) is 5.13. The van der Waals surface area contributed by atoms with E-state index in [-0.39, 0.29) is 23.7 Å². The highest BCUT2D eigenvalue weighted by molar-refractivity contribution is 7.15. The molecule has 1 aromatic carbocycles. The number of thiazole rings is 1. The monoisotopic (exact) mass is 480 g/mol. The normalized spacial score (nSPS) is 22.6. The number of nitrogens with one attached hydrogen (secondary N) is 1. The van der Waals surface area contributed by atoms with Gasteiger partial charge >= 0.3 is 5.97 Å². The van der Waals surface area contributed by atoms with E-state index in [1.807, 2.05) is 38.2 Å². The zero-order valence-electron chi connectivity index (χ0n) is 20.3. The second-order valence-corrected chi connectivity index (χ2v) is 10.6. The number of carbonyl (C=O) groups is 1. The lowest BCUT2D eigenvalue weighted by molar-refractivity contribution is -0.154. The number of carbonyl (C=O) groups excluding carboxylic acids is 1. The fraction of sp³-hybridized carbons (Fsp3) is 0.462. The van der Waals surface area contributed by atoms with Crippen LogP contribution in [0.25, 0.3) is 10.4 Å². The van der Waals surface area contributed by atoms with E-state index in [4.69, 9.17) is 4.74 Å². The summed E-state index contributed by atoms with van der Waals surface area (Å²) in [6.07, 6.45) is 5.15. The molecule has 1 aliphatic rings. The highest BCUT2D eigenvalue weighted by Crippen LogP contribution is 2.47. The van der Waals surface area contributed by atoms with E-state index < -0.39 is 5.60 Å². The Hall–Kier alpha value is -2.84. The molecular formula is C26H32N4O3S. The van der Waals surface area contributed by atoms with Gasteiger partial charge in [0.05, 0.1) is 17.9 Å². The van der Waals surface area contributed by atoms with Crippen LogP contribution < -0.4 is 5.32 Å². The summed E-state index contributed by atoms with van der Waals surface area (Å²) in [6, 6.07) is 8.06. The van der Waals surface area contributed by atoms with Gasteiger partial charge in [0.15, 0.2) is 0 Å². The minimum absolute atomic E-state index is 0.0441. The van der Waals surface area contributed by atoms with Crippen LogP contribution in [0.3, 0.4) is 0 Å². The molecule has 2 heterocycles. The first-order valence-electron chi connectivity index (χ1n) is 11.6. The van der Waals surface area contributed by atoms with Gasteiger partial charge < -0.3 is 15.2 Å². The van der Waals surface area contributed by atoms with Crippen molar-refractivity contribution in [2.24, 2.45) is 17.8 Å². The highest BCUT2D eigenvalue weighted by Gasteiger charge is 2.46. The van der Waals surface area contributed by atoms with Gasteiger partial charge in [-0.05, 0) is 74.3 Å². The summed E-state index contributed by atoms with van der Waals surface area (Å²) in [5, 5.41) is 15.6. The number of aliphatic hydroxyl groups is 1. The molecule has 2 aromatic heterocycles. The number of benzene rings is 1. The summed E-state index contributed by atoms with van der Waals surface area (Å²) < 4.78 is 5.03. The van der Waals surface area contributed by atoms with E-state index in [0.29, 0.717) is 30.2 Å². The second-order valence-electron chi connectivity index (χ2n) is 9.58. The minimum atomic E-state index is -1.04. The lowest BCUT2D eigenvalue weighted by atomic mass is 9.67. The van der Waals surface area contributed by atoms with Crippen molar-refractivity contribution in [3.8, 4) is 10.4 Å². The second kappa shape index (κ2) is 9.80. The number of esters is 1. The van der Waals surface area contributed by atoms with E-state index in [1.54, 1.807) is 6.20 Å². The smallest absolute Gasteiger partial charge is 0.308 e. The van der Waals surface area contributed by atoms with Gasteiger partial charge in [0.2, 0.25) is 5.95 Å². The molecule has 180 valence electrons. The lowest BCUT2D eigenvalue weighted by Gasteiger charge is -2.41. The Kier molecular flexibility index (Phi) is 7.00. The Balaban J connectivity index is 1.58. The summed E-state index contributed by atoms with van der Waals surface area (Å²) in [7, 11) is 1.43. The lowest BCUT2D eigenvalue weighted by Crippen LogP contribution is -2.42. The first-order chi connectivity index (χ1) is 16.2. The van der Waals surface area contributed by atoms with Crippen LogP contribution in [0.2, 0.25) is 0 Å². The molecule has 3 aromatic rings. The predicted molar refractivity (Wildman–Crippen MR) is 134 cm³/mol. The molecule has 0 aliphatic heterocycles. The van der Waals surface area contributed by atoms with Crippen LogP contribution >= 0.6 is 11.3 Å². The quantitative estimate of drug-likeness (QED) is 0.456. The van der Waals surface area contributed by atoms with Crippen LogP contribution in [0, 0.1) is 31.6 Å². The number of ether oxygens (including phenoxy) is 1. The van der Waals surface area contributed by atoms with Gasteiger partial charge in [0.1, 0.15) is 10.6 Å². The van der Waals surface area contributed by atoms with Gasteiger partial charge in [0, 0.05) is 23.8 Å². The van der Waals surface area contributed by atoms with Crippen molar-refractivity contribution in [3.63, 3.8) is 0 Å². The Morgan fingerprint density at radius 2 is 2.06 bits per heavy atom. The number of aryl methyl sites for hydroxylation is 2. The summed E-state index contributed by atoms with van der Waals surface area (Å²) in [4.78, 5) is 26.6. The fourth-order valence-corrected chi connectivity index (χ4v) is 5.87. The van der Waals surface area contributed by atoms with Crippen molar-refractivity contribution >= 4 is 28.9 Å². The molecule has 0 saturated heterocycles. The first-order valence-corrected chi connectivity index (χ1v) is 12.5. The minimum Gasteiger partial charge on any atom is -0.469 e. The topological polar surface area (TPSA) is 97.2 Å². The fourth-order valence-electron chi connectivity index (χ4n) is 4.84. The Labute approximate surface area is 204 Å². The van der Waals surface area contributed by atoms with E-state index in [0.717, 1.165) is 27.4 Å². The Morgan fingerprint density at radius 1 is 1.26 bits per heavy atom. The van der Waals surface area contributed by atoms with Gasteiger partial charge in [-0.15, -0.1) is 11.3 Å². The zero-order valence-corrected chi connectivity index (χ0v) is 21.1. The van der Waals surface area contributed by atoms with Crippen molar-refractivity contribution in [1.82, 2.24) is 15.0 Å². The van der Waals surface area contributed by atoms with Gasteiger partial charge in [-0.3, -0.25) is 4.79 Å². The van der Waals surface area contributed by atoms with Gasteiger partial charge in [-0.25, -0.2) is 15.0 Å². The zero-order chi connectivity index (χ0) is 24.5. The molecule has 8 heteroatoms. The van der Waals surface area contributed by atoms with Crippen LogP contribution in [0.5, 0.6) is 0 Å². The molecule has 1 aliphatic carbocycles. The van der Waals surface area contributed by atoms with Crippen molar-refractivity contribution in [2.75, 3.05) is 12.4 Å². The molecule has 3 unspecified atom stereocenters. The van der Waals surface area contributed by atoms with Crippen LogP contribution in [0.1, 0.15) is 49.4 Å². The van der Waals surface area contributed by atoms with Crippen LogP contribution in [-0.2, 0) is 15.1 Å². The van der Waals surface area contributed by atoms with Crippen LogP contribution in [0.4, 0.5) is 11.6 Å². The maximum absolute atomic E-state index is 12.3. The largest absolute Gasteiger partial charge is 0.469 e. The molecular weight excluding hydrogens is 448 g/mol. The summed E-state index contributed by atoms with van der Waals surface area (Å²) in [5.74, 6) is 0.488. The number of methoxy groups -OCH3 is 1. The number of hydrogen-bond acceptors (Lipinski definition) is 8. The Bertz CT molecular complexity index is 1180. The van der Waals surface area contributed by atoms with E-state index in [1.165, 1.54) is 18.4 Å². The molecule has 0 bridgehead atoms. The maximum atomic E-state index is 12.3. The standard InChI is InChI=1S/C26H32N4O3S/c1-15(2)21-13-26(32,8-6-20(21)23(31)33-5)24-28-14-22(34-24)18-10-16(3)11-19(12-18)30-25-27-9-7-17(4)29-25/h7,9-12,14-15,20-21,32H,6,8,13H2,1-5H3,(H,27,29,30). The molecule has 4 rings (SSSR count). The molecule has 0 radical (unpaired) electrons. The third-order valence-corrected chi connectivity index (χ3v) is 7.88. The molecule has 1 fully saturated rings.